The van der Waals surface area contributed by atoms with Crippen LogP contribution >= 0.6 is 0 Å². The fraction of sp³-hybridized carbons (Fsp3) is 0.182. The highest BCUT2D eigenvalue weighted by Crippen LogP contribution is 2.20. The second-order valence-electron chi connectivity index (χ2n) is 6.19. The van der Waals surface area contributed by atoms with Gasteiger partial charge < -0.3 is 14.8 Å². The number of rotatable bonds is 8. The molecule has 1 amide bonds. The van der Waals surface area contributed by atoms with E-state index in [1.165, 1.54) is 12.1 Å². The Morgan fingerprint density at radius 1 is 1.04 bits per heavy atom. The molecular formula is C22H21FN2O3. The summed E-state index contributed by atoms with van der Waals surface area (Å²) in [5.74, 6) is 1.14. The SMILES string of the molecule is COc1ccc(CCC(=O)NCc2ccc(Oc3cccc(F)c3)nc2)cc1. The van der Waals surface area contributed by atoms with E-state index in [0.717, 1.165) is 16.9 Å². The van der Waals surface area contributed by atoms with Gasteiger partial charge in [0.05, 0.1) is 7.11 Å². The minimum absolute atomic E-state index is 0.0316. The summed E-state index contributed by atoms with van der Waals surface area (Å²) in [7, 11) is 1.62. The lowest BCUT2D eigenvalue weighted by Gasteiger charge is -2.08. The molecule has 0 atom stereocenters. The van der Waals surface area contributed by atoms with Gasteiger partial charge in [-0.15, -0.1) is 0 Å². The average Bonchev–Trinajstić information content (AvgIpc) is 2.72. The second-order valence-corrected chi connectivity index (χ2v) is 6.19. The van der Waals surface area contributed by atoms with Crippen LogP contribution in [0.2, 0.25) is 0 Å². The van der Waals surface area contributed by atoms with Crippen LogP contribution in [0.4, 0.5) is 4.39 Å². The third kappa shape index (κ3) is 5.81. The summed E-state index contributed by atoms with van der Waals surface area (Å²) in [6.07, 6.45) is 2.69. The van der Waals surface area contributed by atoms with Crippen molar-refractivity contribution in [1.82, 2.24) is 10.3 Å². The van der Waals surface area contributed by atoms with Crippen LogP contribution in [-0.2, 0) is 17.8 Å². The minimum Gasteiger partial charge on any atom is -0.497 e. The molecule has 1 aromatic heterocycles. The van der Waals surface area contributed by atoms with Gasteiger partial charge in [0.15, 0.2) is 0 Å². The van der Waals surface area contributed by atoms with E-state index in [1.807, 2.05) is 30.3 Å². The summed E-state index contributed by atoms with van der Waals surface area (Å²) < 4.78 is 23.8. The fourth-order valence-corrected chi connectivity index (χ4v) is 2.57. The minimum atomic E-state index is -0.369. The number of pyridine rings is 1. The fourth-order valence-electron chi connectivity index (χ4n) is 2.57. The number of aryl methyl sites for hydroxylation is 1. The summed E-state index contributed by atoms with van der Waals surface area (Å²) in [4.78, 5) is 16.2. The zero-order chi connectivity index (χ0) is 19.8. The number of ether oxygens (including phenoxy) is 2. The standard InChI is InChI=1S/C22H21FN2O3/c1-27-19-9-5-16(6-10-19)7-11-21(26)24-14-17-8-12-22(25-15-17)28-20-4-2-3-18(23)13-20/h2-6,8-10,12-13,15H,7,11,14H2,1H3,(H,24,26). The largest absolute Gasteiger partial charge is 0.497 e. The molecule has 0 aliphatic carbocycles. The summed E-state index contributed by atoms with van der Waals surface area (Å²) in [6.45, 7) is 0.384. The molecule has 6 heteroatoms. The van der Waals surface area contributed by atoms with Crippen molar-refractivity contribution in [3.05, 3.63) is 83.8 Å². The van der Waals surface area contributed by atoms with Crippen LogP contribution in [-0.4, -0.2) is 18.0 Å². The number of aromatic nitrogens is 1. The molecule has 0 aliphatic rings. The van der Waals surface area contributed by atoms with Crippen LogP contribution in [0, 0.1) is 5.82 Å². The summed E-state index contributed by atoms with van der Waals surface area (Å²) >= 11 is 0. The van der Waals surface area contributed by atoms with Crippen molar-refractivity contribution < 1.29 is 18.7 Å². The number of methoxy groups -OCH3 is 1. The van der Waals surface area contributed by atoms with Crippen molar-refractivity contribution >= 4 is 5.91 Å². The highest BCUT2D eigenvalue weighted by Gasteiger charge is 2.05. The van der Waals surface area contributed by atoms with Gasteiger partial charge >= 0.3 is 0 Å². The lowest BCUT2D eigenvalue weighted by molar-refractivity contribution is -0.121. The highest BCUT2D eigenvalue weighted by atomic mass is 19.1. The molecule has 0 spiro atoms. The van der Waals surface area contributed by atoms with Crippen molar-refractivity contribution in [2.75, 3.05) is 7.11 Å². The molecule has 1 heterocycles. The smallest absolute Gasteiger partial charge is 0.220 e. The predicted molar refractivity (Wildman–Crippen MR) is 104 cm³/mol. The van der Waals surface area contributed by atoms with Crippen molar-refractivity contribution in [3.8, 4) is 17.4 Å². The van der Waals surface area contributed by atoms with Crippen LogP contribution < -0.4 is 14.8 Å². The Labute approximate surface area is 163 Å². The second kappa shape index (κ2) is 9.50. The summed E-state index contributed by atoms with van der Waals surface area (Å²) in [6, 6.07) is 17.0. The van der Waals surface area contributed by atoms with Gasteiger partial charge in [0, 0.05) is 31.3 Å². The summed E-state index contributed by atoms with van der Waals surface area (Å²) in [5, 5.41) is 2.87. The number of halogens is 1. The number of amides is 1. The molecule has 0 saturated carbocycles. The topological polar surface area (TPSA) is 60.5 Å². The first-order valence-corrected chi connectivity index (χ1v) is 8.90. The van der Waals surface area contributed by atoms with Gasteiger partial charge in [-0.05, 0) is 41.8 Å². The first kappa shape index (κ1) is 19.4. The Bertz CT molecular complexity index is 912. The zero-order valence-electron chi connectivity index (χ0n) is 15.5. The summed E-state index contributed by atoms with van der Waals surface area (Å²) in [5.41, 5.74) is 1.93. The molecule has 3 aromatic rings. The first-order valence-electron chi connectivity index (χ1n) is 8.90. The van der Waals surface area contributed by atoms with Crippen molar-refractivity contribution in [1.29, 1.82) is 0 Å². The van der Waals surface area contributed by atoms with Gasteiger partial charge in [0.1, 0.15) is 17.3 Å². The maximum atomic E-state index is 13.2. The van der Waals surface area contributed by atoms with Crippen molar-refractivity contribution in [3.63, 3.8) is 0 Å². The molecule has 0 radical (unpaired) electrons. The molecule has 0 saturated heterocycles. The Morgan fingerprint density at radius 2 is 1.82 bits per heavy atom. The molecule has 2 aromatic carbocycles. The number of hydrogen-bond acceptors (Lipinski definition) is 4. The Kier molecular flexibility index (Phi) is 6.57. The van der Waals surface area contributed by atoms with E-state index < -0.39 is 0 Å². The predicted octanol–water partition coefficient (Wildman–Crippen LogP) is 4.27. The average molecular weight is 380 g/mol. The molecule has 0 fully saturated rings. The first-order chi connectivity index (χ1) is 13.6. The molecule has 1 N–H and O–H groups in total. The number of carbonyl (C=O) groups excluding carboxylic acids is 1. The van der Waals surface area contributed by atoms with Crippen LogP contribution in [0.5, 0.6) is 17.4 Å². The molecule has 0 unspecified atom stereocenters. The van der Waals surface area contributed by atoms with Crippen LogP contribution in [0.15, 0.2) is 66.9 Å². The van der Waals surface area contributed by atoms with Gasteiger partial charge in [0.25, 0.3) is 0 Å². The Hall–Kier alpha value is -3.41. The third-order valence-corrected chi connectivity index (χ3v) is 4.11. The van der Waals surface area contributed by atoms with Crippen molar-refractivity contribution in [2.45, 2.75) is 19.4 Å². The van der Waals surface area contributed by atoms with Crippen LogP contribution in [0.3, 0.4) is 0 Å². The van der Waals surface area contributed by atoms with Crippen LogP contribution in [0.1, 0.15) is 17.5 Å². The Morgan fingerprint density at radius 3 is 2.50 bits per heavy atom. The number of carbonyl (C=O) groups is 1. The van der Waals surface area contributed by atoms with E-state index in [2.05, 4.69) is 10.3 Å². The van der Waals surface area contributed by atoms with E-state index in [1.54, 1.807) is 31.5 Å². The Balaban J connectivity index is 1.44. The third-order valence-electron chi connectivity index (χ3n) is 4.11. The lowest BCUT2D eigenvalue weighted by Crippen LogP contribution is -2.23. The molecule has 144 valence electrons. The number of nitrogens with zero attached hydrogens (tertiary/aromatic N) is 1. The van der Waals surface area contributed by atoms with Gasteiger partial charge in [-0.3, -0.25) is 4.79 Å². The molecule has 3 rings (SSSR count). The highest BCUT2D eigenvalue weighted by molar-refractivity contribution is 5.76. The van der Waals surface area contributed by atoms with Crippen LogP contribution in [0.25, 0.3) is 0 Å². The molecular weight excluding hydrogens is 359 g/mol. The zero-order valence-corrected chi connectivity index (χ0v) is 15.5. The van der Waals surface area contributed by atoms with E-state index in [4.69, 9.17) is 9.47 Å². The van der Waals surface area contributed by atoms with E-state index in [-0.39, 0.29) is 11.7 Å². The molecule has 0 aliphatic heterocycles. The maximum absolute atomic E-state index is 13.2. The van der Waals surface area contributed by atoms with Crippen molar-refractivity contribution in [2.24, 2.45) is 0 Å². The molecule has 28 heavy (non-hydrogen) atoms. The quantitative estimate of drug-likeness (QED) is 0.634. The molecule has 5 nitrogen and oxygen atoms in total. The number of benzene rings is 2. The van der Waals surface area contributed by atoms with Gasteiger partial charge in [-0.25, -0.2) is 9.37 Å². The van der Waals surface area contributed by atoms with E-state index in [9.17, 15) is 9.18 Å². The van der Waals surface area contributed by atoms with Gasteiger partial charge in [-0.1, -0.05) is 24.3 Å². The molecule has 0 bridgehead atoms. The van der Waals surface area contributed by atoms with E-state index in [0.29, 0.717) is 31.0 Å². The van der Waals surface area contributed by atoms with Gasteiger partial charge in [-0.2, -0.15) is 0 Å². The number of nitrogens with one attached hydrogen (secondary N) is 1. The van der Waals surface area contributed by atoms with Gasteiger partial charge in [0.2, 0.25) is 11.8 Å². The lowest BCUT2D eigenvalue weighted by atomic mass is 10.1. The number of hydrogen-bond donors (Lipinski definition) is 1. The maximum Gasteiger partial charge on any atom is 0.220 e. The monoisotopic (exact) mass is 380 g/mol. The van der Waals surface area contributed by atoms with E-state index >= 15 is 0 Å². The normalized spacial score (nSPS) is 10.4.